The Balaban J connectivity index is 0.000000109. The number of fused-ring (bicyclic) bond motifs is 21. The molecular formula is C132H89N9. The van der Waals surface area contributed by atoms with E-state index in [2.05, 4.69) is 582 Å². The molecule has 0 atom stereocenters. The van der Waals surface area contributed by atoms with E-state index in [-0.39, 0.29) is 0 Å². The highest BCUT2D eigenvalue weighted by molar-refractivity contribution is 6.16. The second-order valence-corrected chi connectivity index (χ2v) is 36.3. The van der Waals surface area contributed by atoms with Gasteiger partial charge in [0.05, 0.1) is 77.2 Å². The summed E-state index contributed by atoms with van der Waals surface area (Å²) in [4.78, 5) is 4.69. The molecule has 0 fully saturated rings. The van der Waals surface area contributed by atoms with Crippen LogP contribution in [0.5, 0.6) is 0 Å². The summed E-state index contributed by atoms with van der Waals surface area (Å²) in [5.74, 6) is 0. The fraction of sp³-hybridized carbons (Fsp3) is 0. The van der Waals surface area contributed by atoms with Gasteiger partial charge in [-0.25, -0.2) is 0 Å². The van der Waals surface area contributed by atoms with Gasteiger partial charge in [0.25, 0.3) is 0 Å². The molecule has 7 aromatic heterocycles. The minimum atomic E-state index is 1.08. The first-order valence-corrected chi connectivity index (χ1v) is 48.3. The molecule has 22 aromatic carbocycles. The third kappa shape index (κ3) is 13.8. The topological polar surface area (TPSA) is 41.0 Å². The minimum absolute atomic E-state index is 1.08. The predicted octanol–water partition coefficient (Wildman–Crippen LogP) is 35.3. The lowest BCUT2D eigenvalue weighted by atomic mass is 10.0. The van der Waals surface area contributed by atoms with Crippen LogP contribution in [0.1, 0.15) is 0 Å². The summed E-state index contributed by atoms with van der Waals surface area (Å²) >= 11 is 0. The van der Waals surface area contributed by atoms with Gasteiger partial charge >= 0.3 is 0 Å². The smallest absolute Gasteiger partial charge is 0.0541 e. The van der Waals surface area contributed by atoms with Gasteiger partial charge in [-0.05, 0) is 254 Å². The van der Waals surface area contributed by atoms with E-state index in [9.17, 15) is 0 Å². The number of para-hydroxylation sites is 15. The Morgan fingerprint density at radius 1 is 0.0922 bits per heavy atom. The molecule has 0 saturated heterocycles. The number of hydrogen-bond donors (Lipinski definition) is 0. The second-order valence-electron chi connectivity index (χ2n) is 36.3. The molecule has 0 radical (unpaired) electrons. The summed E-state index contributed by atoms with van der Waals surface area (Å²) in [6, 6.07) is 195. The fourth-order valence-electron chi connectivity index (χ4n) is 22.2. The number of aromatic nitrogens is 7. The van der Waals surface area contributed by atoms with Gasteiger partial charge in [-0.1, -0.05) is 297 Å². The average molecular weight is 1800 g/mol. The maximum Gasteiger partial charge on any atom is 0.0541 e. The zero-order chi connectivity index (χ0) is 93.0. The van der Waals surface area contributed by atoms with Crippen molar-refractivity contribution in [2.75, 3.05) is 9.80 Å². The number of anilines is 6. The first-order valence-electron chi connectivity index (χ1n) is 48.3. The Kier molecular flexibility index (Phi) is 19.8. The lowest BCUT2D eigenvalue weighted by Crippen LogP contribution is -2.10. The maximum atomic E-state index is 2.37. The van der Waals surface area contributed by atoms with E-state index in [1.807, 2.05) is 0 Å². The van der Waals surface area contributed by atoms with Crippen LogP contribution >= 0.6 is 0 Å². The molecule has 29 rings (SSSR count). The summed E-state index contributed by atoms with van der Waals surface area (Å²) in [5.41, 5.74) is 34.0. The van der Waals surface area contributed by atoms with Crippen molar-refractivity contribution in [3.63, 3.8) is 0 Å². The van der Waals surface area contributed by atoms with Crippen molar-refractivity contribution in [3.8, 4) is 50.9 Å². The standard InChI is InChI=1S/C54H36N4.C42H29N3.C36H24N2/c1-7-19-49-43(13-1)44-14-2-8-20-50(44)56(49)40-31-25-37(26-32-40)55(38-27-33-41(34-28-38)57-51-21-9-3-15-45(51)46-16-4-10-22-52(46)57)39-29-35-42(36-30-39)58-53-23-11-5-17-47(53)48-18-6-12-24-54(48)58;1-2-12-30(13-3-1)43(31-22-26-33(27-23-31)44-39-18-8-4-14-35(39)36-15-5-9-19-40(36)44)32-24-28-34(29-25-32)45-41-20-10-6-16-37(41)38-17-7-11-21-42(38)45;1-5-13-33-29(9-1)30-10-2-6-14-34(30)37(33)27-21-17-25(18-22-27)26-19-23-28(24-20-26)38-35-15-7-3-11-31(35)32-12-4-8-16-36(32)38/h1-36H;1-29H;1-24H. The summed E-state index contributed by atoms with van der Waals surface area (Å²) < 4.78 is 16.6. The van der Waals surface area contributed by atoms with Crippen molar-refractivity contribution < 1.29 is 0 Å². The fourth-order valence-corrected chi connectivity index (χ4v) is 22.2. The quantitative estimate of drug-likeness (QED) is 0.109. The van der Waals surface area contributed by atoms with Crippen molar-refractivity contribution in [1.82, 2.24) is 32.0 Å². The highest BCUT2D eigenvalue weighted by atomic mass is 15.2. The number of rotatable bonds is 14. The largest absolute Gasteiger partial charge is 0.311 e. The Hall–Kier alpha value is -19.0. The van der Waals surface area contributed by atoms with Crippen LogP contribution in [-0.2, 0) is 0 Å². The zero-order valence-corrected chi connectivity index (χ0v) is 76.9. The molecular weight excluding hydrogens is 1710 g/mol. The summed E-state index contributed by atoms with van der Waals surface area (Å²) in [6.07, 6.45) is 0. The molecule has 9 nitrogen and oxygen atoms in total. The number of hydrogen-bond acceptors (Lipinski definition) is 2. The number of nitrogens with zero attached hydrogens (tertiary/aromatic N) is 9. The second kappa shape index (κ2) is 34.1. The minimum Gasteiger partial charge on any atom is -0.311 e. The average Bonchev–Trinajstić information content (AvgIpc) is 1.55. The maximum absolute atomic E-state index is 2.37. The Labute approximate surface area is 813 Å². The van der Waals surface area contributed by atoms with Gasteiger partial charge in [0.15, 0.2) is 0 Å². The first kappa shape index (κ1) is 81.6. The van der Waals surface area contributed by atoms with E-state index >= 15 is 0 Å². The lowest BCUT2D eigenvalue weighted by Gasteiger charge is -2.26. The van der Waals surface area contributed by atoms with E-state index in [0.717, 1.165) is 62.6 Å². The van der Waals surface area contributed by atoms with Crippen LogP contribution in [0.3, 0.4) is 0 Å². The molecule has 0 aliphatic rings. The van der Waals surface area contributed by atoms with Crippen molar-refractivity contribution >= 4 is 187 Å². The van der Waals surface area contributed by atoms with Crippen molar-refractivity contribution in [3.05, 3.63) is 540 Å². The van der Waals surface area contributed by atoms with Crippen molar-refractivity contribution in [2.45, 2.75) is 0 Å². The normalized spacial score (nSPS) is 11.7. The monoisotopic (exact) mass is 1800 g/mol. The van der Waals surface area contributed by atoms with Gasteiger partial charge in [-0.15, -0.1) is 0 Å². The molecule has 0 saturated carbocycles. The zero-order valence-electron chi connectivity index (χ0n) is 76.9. The third-order valence-corrected chi connectivity index (χ3v) is 28.5. The van der Waals surface area contributed by atoms with Crippen LogP contribution in [0, 0.1) is 0 Å². The van der Waals surface area contributed by atoms with Gasteiger partial charge in [-0.3, -0.25) is 0 Å². The van der Waals surface area contributed by atoms with Crippen molar-refractivity contribution in [1.29, 1.82) is 0 Å². The highest BCUT2D eigenvalue weighted by Crippen LogP contribution is 2.45. The molecule has 0 aliphatic carbocycles. The van der Waals surface area contributed by atoms with Crippen LogP contribution in [-0.4, -0.2) is 32.0 Å². The molecule has 0 unspecified atom stereocenters. The first-order chi connectivity index (χ1) is 70.0. The van der Waals surface area contributed by atoms with Crippen molar-refractivity contribution in [2.24, 2.45) is 0 Å². The predicted molar refractivity (Wildman–Crippen MR) is 595 cm³/mol. The van der Waals surface area contributed by atoms with Gasteiger partial charge in [0.2, 0.25) is 0 Å². The SMILES string of the molecule is c1ccc(N(c2ccc(-n3c4ccccc4c4ccccc43)cc2)c2ccc(-n3c4ccccc4c4ccccc43)cc2)cc1.c1ccc2c(c1)c1ccccc1n2-c1ccc(-c2ccc(-n3c4ccccc4c4ccccc43)cc2)cc1.c1ccc2c(c1)c1ccccc1n2-c1ccc(N(c2ccc(-n3c4ccccc4c4ccccc43)cc2)c2ccc(-n3c4ccccc4c4ccccc43)cc2)cc1. The van der Waals surface area contributed by atoms with E-state index < -0.39 is 0 Å². The van der Waals surface area contributed by atoms with Gasteiger partial charge in [0.1, 0.15) is 0 Å². The van der Waals surface area contributed by atoms with Crippen LogP contribution in [0.25, 0.3) is 204 Å². The summed E-state index contributed by atoms with van der Waals surface area (Å²) in [5, 5.41) is 17.8. The summed E-state index contributed by atoms with van der Waals surface area (Å²) in [7, 11) is 0. The van der Waals surface area contributed by atoms with Gasteiger partial charge in [0, 0.05) is 149 Å². The molecule has 0 N–H and O–H groups in total. The molecule has 0 spiro atoms. The summed E-state index contributed by atoms with van der Waals surface area (Å²) in [6.45, 7) is 0. The van der Waals surface area contributed by atoms with Gasteiger partial charge in [-0.2, -0.15) is 0 Å². The molecule has 141 heavy (non-hydrogen) atoms. The Morgan fingerprint density at radius 3 is 0.333 bits per heavy atom. The third-order valence-electron chi connectivity index (χ3n) is 28.5. The van der Waals surface area contributed by atoms with Crippen LogP contribution in [0.4, 0.5) is 34.1 Å². The van der Waals surface area contributed by atoms with Crippen LogP contribution in [0.15, 0.2) is 540 Å². The van der Waals surface area contributed by atoms with Crippen LogP contribution < -0.4 is 9.80 Å². The molecule has 7 heterocycles. The number of benzene rings is 22. The Morgan fingerprint density at radius 2 is 0.199 bits per heavy atom. The van der Waals surface area contributed by atoms with Gasteiger partial charge < -0.3 is 41.8 Å². The molecule has 662 valence electrons. The van der Waals surface area contributed by atoms with E-state index in [1.54, 1.807) is 0 Å². The molecule has 0 aliphatic heterocycles. The molecule has 0 bridgehead atoms. The Bertz CT molecular complexity index is 8780. The molecule has 29 aromatic rings. The van der Waals surface area contributed by atoms with Crippen LogP contribution in [0.2, 0.25) is 0 Å². The van der Waals surface area contributed by atoms with E-state index in [4.69, 9.17) is 0 Å². The van der Waals surface area contributed by atoms with E-state index in [0.29, 0.717) is 0 Å². The highest BCUT2D eigenvalue weighted by Gasteiger charge is 2.24. The van der Waals surface area contributed by atoms with E-state index in [1.165, 1.54) is 175 Å². The lowest BCUT2D eigenvalue weighted by molar-refractivity contribution is 1.16. The molecule has 0 amide bonds. The molecule has 9 heteroatoms.